The van der Waals surface area contributed by atoms with E-state index in [0.717, 1.165) is 37.6 Å². The molecular weight excluding hydrogens is 288 g/mol. The Hall–Kier alpha value is -1.69. The first-order chi connectivity index (χ1) is 10.7. The van der Waals surface area contributed by atoms with Crippen molar-refractivity contribution in [3.8, 4) is 0 Å². The summed E-state index contributed by atoms with van der Waals surface area (Å²) in [6.45, 7) is 6.77. The second-order valence-corrected chi connectivity index (χ2v) is 4.82. The van der Waals surface area contributed by atoms with Crippen molar-refractivity contribution in [2.24, 2.45) is 4.99 Å². The number of aliphatic imine (C=N–C) groups is 1. The van der Waals surface area contributed by atoms with E-state index in [-0.39, 0.29) is 12.1 Å². The van der Waals surface area contributed by atoms with Gasteiger partial charge in [-0.2, -0.15) is 0 Å². The van der Waals surface area contributed by atoms with Crippen LogP contribution in [0.3, 0.4) is 0 Å². The van der Waals surface area contributed by atoms with Gasteiger partial charge in [0.25, 0.3) is 0 Å². The second kappa shape index (κ2) is 11.0. The topological polar surface area (TPSA) is 45.6 Å². The predicted octanol–water partition coefficient (Wildman–Crippen LogP) is 2.84. The summed E-state index contributed by atoms with van der Waals surface area (Å²) in [6.07, 6.45) is 2.16. The minimum atomic E-state index is -0.464. The molecule has 0 radical (unpaired) electrons. The molecule has 0 aliphatic heterocycles. The van der Waals surface area contributed by atoms with Crippen LogP contribution in [0.4, 0.5) is 8.78 Å². The van der Waals surface area contributed by atoms with Gasteiger partial charge in [-0.05, 0) is 31.5 Å². The minimum absolute atomic E-state index is 0.0790. The van der Waals surface area contributed by atoms with E-state index in [1.807, 2.05) is 6.92 Å². The van der Waals surface area contributed by atoms with E-state index >= 15 is 0 Å². The van der Waals surface area contributed by atoms with Gasteiger partial charge in [0.2, 0.25) is 0 Å². The lowest BCUT2D eigenvalue weighted by Crippen LogP contribution is -2.39. The maximum absolute atomic E-state index is 13.5. The quantitative estimate of drug-likeness (QED) is 0.419. The number of nitrogens with one attached hydrogen (secondary N) is 2. The summed E-state index contributed by atoms with van der Waals surface area (Å²) in [7, 11) is 0. The van der Waals surface area contributed by atoms with Crippen LogP contribution in [0.5, 0.6) is 0 Å². The van der Waals surface area contributed by atoms with Gasteiger partial charge >= 0.3 is 0 Å². The molecule has 6 heteroatoms. The van der Waals surface area contributed by atoms with Gasteiger partial charge in [-0.3, -0.25) is 0 Å². The molecule has 0 saturated carbocycles. The average Bonchev–Trinajstić information content (AvgIpc) is 2.51. The van der Waals surface area contributed by atoms with Gasteiger partial charge in [0.15, 0.2) is 5.96 Å². The van der Waals surface area contributed by atoms with Crippen LogP contribution >= 0.6 is 0 Å². The molecule has 1 aromatic rings. The largest absolute Gasteiger partial charge is 0.380 e. The molecule has 4 nitrogen and oxygen atoms in total. The van der Waals surface area contributed by atoms with Gasteiger partial charge < -0.3 is 15.4 Å². The molecule has 0 aromatic heterocycles. The third-order valence-electron chi connectivity index (χ3n) is 2.94. The summed E-state index contributed by atoms with van der Waals surface area (Å²) in [6, 6.07) is 3.37. The van der Waals surface area contributed by atoms with Crippen LogP contribution in [0, 0.1) is 11.6 Å². The molecule has 0 atom stereocenters. The van der Waals surface area contributed by atoms with E-state index in [2.05, 4.69) is 22.5 Å². The van der Waals surface area contributed by atoms with E-state index in [1.165, 1.54) is 0 Å². The van der Waals surface area contributed by atoms with Gasteiger partial charge in [-0.1, -0.05) is 13.3 Å². The predicted molar refractivity (Wildman–Crippen MR) is 84.9 cm³/mol. The molecule has 0 unspecified atom stereocenters. The second-order valence-electron chi connectivity index (χ2n) is 4.82. The summed E-state index contributed by atoms with van der Waals surface area (Å²) >= 11 is 0. The van der Waals surface area contributed by atoms with E-state index < -0.39 is 11.6 Å². The molecule has 124 valence electrons. The van der Waals surface area contributed by atoms with Gasteiger partial charge in [-0.25, -0.2) is 13.8 Å². The monoisotopic (exact) mass is 313 g/mol. The number of halogens is 2. The van der Waals surface area contributed by atoms with Crippen molar-refractivity contribution in [3.63, 3.8) is 0 Å². The molecule has 0 aliphatic carbocycles. The molecule has 0 saturated heterocycles. The molecule has 0 amide bonds. The molecule has 1 rings (SSSR count). The zero-order chi connectivity index (χ0) is 16.2. The number of hydrogen-bond donors (Lipinski definition) is 2. The number of nitrogens with zero attached hydrogens (tertiary/aromatic N) is 1. The number of hydrogen-bond acceptors (Lipinski definition) is 2. The number of guanidine groups is 1. The lowest BCUT2D eigenvalue weighted by atomic mass is 10.2. The number of benzene rings is 1. The maximum Gasteiger partial charge on any atom is 0.191 e. The number of ether oxygens (including phenoxy) is 1. The Kier molecular flexibility index (Phi) is 9.14. The third kappa shape index (κ3) is 7.36. The van der Waals surface area contributed by atoms with Crippen molar-refractivity contribution < 1.29 is 13.5 Å². The first-order valence-electron chi connectivity index (χ1n) is 7.71. The van der Waals surface area contributed by atoms with Gasteiger partial charge in [0.1, 0.15) is 11.6 Å². The summed E-state index contributed by atoms with van der Waals surface area (Å²) in [5.74, 6) is -0.358. The Labute approximate surface area is 131 Å². The van der Waals surface area contributed by atoms with Crippen molar-refractivity contribution in [2.75, 3.05) is 26.3 Å². The molecule has 22 heavy (non-hydrogen) atoms. The SMILES string of the molecule is CCCCOCCNC(=NCc1cc(F)ccc1F)NCC. The molecule has 2 N–H and O–H groups in total. The highest BCUT2D eigenvalue weighted by Crippen LogP contribution is 2.10. The number of rotatable bonds is 9. The Morgan fingerprint density at radius 2 is 2.00 bits per heavy atom. The lowest BCUT2D eigenvalue weighted by molar-refractivity contribution is 0.136. The van der Waals surface area contributed by atoms with E-state index in [1.54, 1.807) is 0 Å². The van der Waals surface area contributed by atoms with Crippen LogP contribution < -0.4 is 10.6 Å². The zero-order valence-electron chi connectivity index (χ0n) is 13.3. The Morgan fingerprint density at radius 1 is 1.18 bits per heavy atom. The third-order valence-corrected chi connectivity index (χ3v) is 2.94. The first kappa shape index (κ1) is 18.4. The molecular formula is C16H25F2N3O. The molecule has 0 fully saturated rings. The van der Waals surface area contributed by atoms with E-state index in [9.17, 15) is 8.78 Å². The van der Waals surface area contributed by atoms with Crippen molar-refractivity contribution in [3.05, 3.63) is 35.4 Å². The van der Waals surface area contributed by atoms with Crippen molar-refractivity contribution >= 4 is 5.96 Å². The van der Waals surface area contributed by atoms with Gasteiger partial charge in [0, 0.05) is 25.3 Å². The number of unbranched alkanes of at least 4 members (excludes halogenated alkanes) is 1. The smallest absolute Gasteiger partial charge is 0.191 e. The fourth-order valence-corrected chi connectivity index (χ4v) is 1.76. The first-order valence-corrected chi connectivity index (χ1v) is 7.71. The Bertz CT molecular complexity index is 467. The van der Waals surface area contributed by atoms with Crippen molar-refractivity contribution in [2.45, 2.75) is 33.2 Å². The van der Waals surface area contributed by atoms with E-state index in [0.29, 0.717) is 25.7 Å². The summed E-state index contributed by atoms with van der Waals surface area (Å²) in [4.78, 5) is 4.25. The van der Waals surface area contributed by atoms with Crippen LogP contribution in [-0.4, -0.2) is 32.3 Å². The normalized spacial score (nSPS) is 11.5. The highest BCUT2D eigenvalue weighted by molar-refractivity contribution is 5.79. The Balaban J connectivity index is 2.45. The highest BCUT2D eigenvalue weighted by atomic mass is 19.1. The summed E-state index contributed by atoms with van der Waals surface area (Å²) in [5, 5.41) is 6.16. The van der Waals surface area contributed by atoms with Crippen LogP contribution in [0.15, 0.2) is 23.2 Å². The van der Waals surface area contributed by atoms with Gasteiger partial charge in [0.05, 0.1) is 13.2 Å². The molecule has 0 aliphatic rings. The highest BCUT2D eigenvalue weighted by Gasteiger charge is 2.04. The standard InChI is InChI=1S/C16H25F2N3O/c1-3-5-9-22-10-8-20-16(19-4-2)21-12-13-11-14(17)6-7-15(13)18/h6-7,11H,3-5,8-10,12H2,1-2H3,(H2,19,20,21). The average molecular weight is 313 g/mol. The zero-order valence-corrected chi connectivity index (χ0v) is 13.3. The molecule has 0 bridgehead atoms. The minimum Gasteiger partial charge on any atom is -0.380 e. The van der Waals surface area contributed by atoms with Crippen molar-refractivity contribution in [1.82, 2.24) is 10.6 Å². The lowest BCUT2D eigenvalue weighted by Gasteiger charge is -2.11. The van der Waals surface area contributed by atoms with Crippen LogP contribution in [0.1, 0.15) is 32.3 Å². The molecule has 0 spiro atoms. The summed E-state index contributed by atoms with van der Waals surface area (Å²) < 4.78 is 32.1. The Morgan fingerprint density at radius 3 is 2.73 bits per heavy atom. The van der Waals surface area contributed by atoms with E-state index in [4.69, 9.17) is 4.74 Å². The fraction of sp³-hybridized carbons (Fsp3) is 0.562. The fourth-order valence-electron chi connectivity index (χ4n) is 1.76. The van der Waals surface area contributed by atoms with Crippen LogP contribution in [-0.2, 0) is 11.3 Å². The maximum atomic E-state index is 13.5. The van der Waals surface area contributed by atoms with Crippen LogP contribution in [0.2, 0.25) is 0 Å². The molecule has 0 heterocycles. The summed E-state index contributed by atoms with van der Waals surface area (Å²) in [5.41, 5.74) is 0.233. The van der Waals surface area contributed by atoms with Gasteiger partial charge in [-0.15, -0.1) is 0 Å². The van der Waals surface area contributed by atoms with Crippen molar-refractivity contribution in [1.29, 1.82) is 0 Å². The molecule has 1 aromatic carbocycles. The van der Waals surface area contributed by atoms with Crippen LogP contribution in [0.25, 0.3) is 0 Å².